The number of rotatable bonds is 4. The molecule has 0 fully saturated rings. The predicted molar refractivity (Wildman–Crippen MR) is 88.1 cm³/mol. The van der Waals surface area contributed by atoms with Gasteiger partial charge in [-0.05, 0) is 29.0 Å². The van der Waals surface area contributed by atoms with E-state index in [0.717, 1.165) is 17.1 Å². The standard InChI is InChI=1S/C15H14N4OS2/c20-15-12-7-11(13-4-2-6-22-13)18-19(12)14(9-17-15)16-8-10-3-1-5-21-10/h1-7,14,16H,8-9H2,(H,17,20). The van der Waals surface area contributed by atoms with E-state index in [4.69, 9.17) is 0 Å². The Morgan fingerprint density at radius 3 is 2.95 bits per heavy atom. The number of hydrogen-bond acceptors (Lipinski definition) is 5. The number of amides is 1. The second-order valence-corrected chi connectivity index (χ2v) is 7.00. The molecular formula is C15H14N4OS2. The van der Waals surface area contributed by atoms with Crippen LogP contribution in [0.3, 0.4) is 0 Å². The molecule has 0 saturated carbocycles. The molecule has 1 aliphatic rings. The first kappa shape index (κ1) is 13.7. The van der Waals surface area contributed by atoms with Gasteiger partial charge in [0.1, 0.15) is 17.6 Å². The van der Waals surface area contributed by atoms with Crippen molar-refractivity contribution in [1.82, 2.24) is 20.4 Å². The highest BCUT2D eigenvalue weighted by Crippen LogP contribution is 2.26. The minimum absolute atomic E-state index is 0.0245. The quantitative estimate of drug-likeness (QED) is 0.773. The van der Waals surface area contributed by atoms with Gasteiger partial charge in [0, 0.05) is 11.4 Å². The van der Waals surface area contributed by atoms with Crippen molar-refractivity contribution >= 4 is 28.6 Å². The Morgan fingerprint density at radius 1 is 1.32 bits per heavy atom. The van der Waals surface area contributed by atoms with Gasteiger partial charge in [0.25, 0.3) is 5.91 Å². The molecule has 0 aromatic carbocycles. The molecule has 0 saturated heterocycles. The van der Waals surface area contributed by atoms with Gasteiger partial charge in [-0.25, -0.2) is 4.68 Å². The van der Waals surface area contributed by atoms with E-state index in [1.807, 2.05) is 34.3 Å². The Morgan fingerprint density at radius 2 is 2.18 bits per heavy atom. The fraction of sp³-hybridized carbons (Fsp3) is 0.200. The lowest BCUT2D eigenvalue weighted by Crippen LogP contribution is -2.45. The zero-order chi connectivity index (χ0) is 14.9. The van der Waals surface area contributed by atoms with Gasteiger partial charge in [0.05, 0.1) is 11.4 Å². The monoisotopic (exact) mass is 330 g/mol. The van der Waals surface area contributed by atoms with E-state index in [9.17, 15) is 4.79 Å². The molecule has 22 heavy (non-hydrogen) atoms. The number of carbonyl (C=O) groups is 1. The third-order valence-electron chi connectivity index (χ3n) is 3.59. The lowest BCUT2D eigenvalue weighted by atomic mass is 10.2. The van der Waals surface area contributed by atoms with Crippen LogP contribution in [0.15, 0.2) is 41.1 Å². The molecule has 3 aromatic heterocycles. The van der Waals surface area contributed by atoms with Crippen molar-refractivity contribution in [2.24, 2.45) is 0 Å². The van der Waals surface area contributed by atoms with Crippen molar-refractivity contribution in [3.05, 3.63) is 51.7 Å². The molecule has 4 rings (SSSR count). The molecule has 5 nitrogen and oxygen atoms in total. The van der Waals surface area contributed by atoms with E-state index in [1.165, 1.54) is 4.88 Å². The van der Waals surface area contributed by atoms with Crippen molar-refractivity contribution in [2.75, 3.05) is 6.54 Å². The fourth-order valence-corrected chi connectivity index (χ4v) is 3.84. The number of thiophene rings is 2. The van der Waals surface area contributed by atoms with Gasteiger partial charge in [-0.3, -0.25) is 10.1 Å². The first-order valence-corrected chi connectivity index (χ1v) is 8.74. The number of fused-ring (bicyclic) bond motifs is 1. The molecule has 0 radical (unpaired) electrons. The number of nitrogens with one attached hydrogen (secondary N) is 2. The Kier molecular flexibility index (Phi) is 3.53. The van der Waals surface area contributed by atoms with Gasteiger partial charge in [0.2, 0.25) is 0 Å². The van der Waals surface area contributed by atoms with E-state index < -0.39 is 0 Å². The molecular weight excluding hydrogens is 316 g/mol. The Balaban J connectivity index is 1.61. The zero-order valence-electron chi connectivity index (χ0n) is 11.7. The molecule has 0 spiro atoms. The van der Waals surface area contributed by atoms with Crippen LogP contribution in [0, 0.1) is 0 Å². The van der Waals surface area contributed by atoms with Gasteiger partial charge in [0.15, 0.2) is 0 Å². The fourth-order valence-electron chi connectivity index (χ4n) is 2.50. The average molecular weight is 330 g/mol. The summed E-state index contributed by atoms with van der Waals surface area (Å²) in [6, 6.07) is 10.0. The van der Waals surface area contributed by atoms with E-state index in [0.29, 0.717) is 12.2 Å². The highest BCUT2D eigenvalue weighted by molar-refractivity contribution is 7.13. The molecule has 3 aromatic rings. The minimum Gasteiger partial charge on any atom is -0.347 e. The maximum atomic E-state index is 12.1. The normalized spacial score (nSPS) is 17.3. The van der Waals surface area contributed by atoms with Crippen LogP contribution in [-0.4, -0.2) is 22.2 Å². The van der Waals surface area contributed by atoms with Crippen LogP contribution in [-0.2, 0) is 6.54 Å². The van der Waals surface area contributed by atoms with Crippen LogP contribution >= 0.6 is 22.7 Å². The molecule has 4 heterocycles. The molecule has 7 heteroatoms. The van der Waals surface area contributed by atoms with Crippen LogP contribution in [0.25, 0.3) is 10.6 Å². The van der Waals surface area contributed by atoms with Gasteiger partial charge in [-0.15, -0.1) is 22.7 Å². The Hall–Kier alpha value is -1.96. The number of aromatic nitrogens is 2. The summed E-state index contributed by atoms with van der Waals surface area (Å²) in [7, 11) is 0. The van der Waals surface area contributed by atoms with Crippen LogP contribution in [0.5, 0.6) is 0 Å². The SMILES string of the molecule is O=C1NCC(NCc2cccs2)n2nc(-c3cccs3)cc21. The van der Waals surface area contributed by atoms with Gasteiger partial charge in [-0.2, -0.15) is 5.10 Å². The topological polar surface area (TPSA) is 59.0 Å². The molecule has 2 N–H and O–H groups in total. The van der Waals surface area contributed by atoms with Crippen molar-refractivity contribution in [3.8, 4) is 10.6 Å². The van der Waals surface area contributed by atoms with Crippen LogP contribution in [0.2, 0.25) is 0 Å². The first-order chi connectivity index (χ1) is 10.8. The summed E-state index contributed by atoms with van der Waals surface area (Å²) in [4.78, 5) is 14.4. The second-order valence-electron chi connectivity index (χ2n) is 5.02. The van der Waals surface area contributed by atoms with Crippen molar-refractivity contribution in [1.29, 1.82) is 0 Å². The maximum Gasteiger partial charge on any atom is 0.269 e. The summed E-state index contributed by atoms with van der Waals surface area (Å²) < 4.78 is 1.81. The van der Waals surface area contributed by atoms with Crippen molar-refractivity contribution in [3.63, 3.8) is 0 Å². The summed E-state index contributed by atoms with van der Waals surface area (Å²) in [6.07, 6.45) is -0.0245. The van der Waals surface area contributed by atoms with Crippen LogP contribution < -0.4 is 10.6 Å². The number of hydrogen-bond donors (Lipinski definition) is 2. The molecule has 1 unspecified atom stereocenters. The molecule has 112 valence electrons. The summed E-state index contributed by atoms with van der Waals surface area (Å²) in [5.74, 6) is -0.0653. The van der Waals surface area contributed by atoms with E-state index in [-0.39, 0.29) is 12.1 Å². The summed E-state index contributed by atoms with van der Waals surface area (Å²) >= 11 is 3.35. The van der Waals surface area contributed by atoms with Crippen LogP contribution in [0.4, 0.5) is 0 Å². The summed E-state index contributed by atoms with van der Waals surface area (Å²) in [6.45, 7) is 1.31. The highest BCUT2D eigenvalue weighted by Gasteiger charge is 2.27. The largest absolute Gasteiger partial charge is 0.347 e. The molecule has 0 bridgehead atoms. The third kappa shape index (κ3) is 2.47. The smallest absolute Gasteiger partial charge is 0.269 e. The zero-order valence-corrected chi connectivity index (χ0v) is 13.3. The average Bonchev–Trinajstić information content (AvgIpc) is 3.26. The van der Waals surface area contributed by atoms with E-state index in [2.05, 4.69) is 27.2 Å². The summed E-state index contributed by atoms with van der Waals surface area (Å²) in [5.41, 5.74) is 1.46. The van der Waals surface area contributed by atoms with E-state index in [1.54, 1.807) is 22.7 Å². The van der Waals surface area contributed by atoms with Crippen LogP contribution in [0.1, 0.15) is 21.5 Å². The van der Waals surface area contributed by atoms with E-state index >= 15 is 0 Å². The number of nitrogens with zero attached hydrogens (tertiary/aromatic N) is 2. The molecule has 1 aliphatic heterocycles. The van der Waals surface area contributed by atoms with Gasteiger partial charge < -0.3 is 5.32 Å². The Labute approximate surface area is 135 Å². The third-order valence-corrected chi connectivity index (χ3v) is 5.35. The Bertz CT molecular complexity index is 777. The molecule has 1 amide bonds. The maximum absolute atomic E-state index is 12.1. The van der Waals surface area contributed by atoms with Crippen molar-refractivity contribution in [2.45, 2.75) is 12.7 Å². The lowest BCUT2D eigenvalue weighted by molar-refractivity contribution is 0.0900. The molecule has 0 aliphatic carbocycles. The minimum atomic E-state index is -0.0653. The predicted octanol–water partition coefficient (Wildman–Crippen LogP) is 2.70. The van der Waals surface area contributed by atoms with Crippen molar-refractivity contribution < 1.29 is 4.79 Å². The van der Waals surface area contributed by atoms with Gasteiger partial charge in [-0.1, -0.05) is 12.1 Å². The highest BCUT2D eigenvalue weighted by atomic mass is 32.1. The van der Waals surface area contributed by atoms with Gasteiger partial charge >= 0.3 is 0 Å². The molecule has 1 atom stereocenters. The number of carbonyl (C=O) groups excluding carboxylic acids is 1. The lowest BCUT2D eigenvalue weighted by Gasteiger charge is -2.25. The first-order valence-electron chi connectivity index (χ1n) is 6.98. The second kappa shape index (κ2) is 5.68. The summed E-state index contributed by atoms with van der Waals surface area (Å²) in [5, 5.41) is 15.1.